The van der Waals surface area contributed by atoms with Crippen LogP contribution in [-0.4, -0.2) is 44.1 Å². The topological polar surface area (TPSA) is 81.7 Å². The first kappa shape index (κ1) is 14.2. The number of nitrogens with one attached hydrogen (secondary N) is 1. The number of benzene rings is 1. The predicted molar refractivity (Wildman–Crippen MR) is 76.1 cm³/mol. The Balaban J connectivity index is 1.68. The largest absolute Gasteiger partial charge is 0.482 e. The van der Waals surface area contributed by atoms with E-state index in [1.807, 2.05) is 6.07 Å². The van der Waals surface area contributed by atoms with Crippen molar-refractivity contribution in [3.8, 4) is 11.5 Å². The second-order valence-corrected chi connectivity index (χ2v) is 7.65. The molecule has 1 saturated heterocycles. The average Bonchev–Trinajstić information content (AvgIpc) is 2.77. The number of para-hydroxylation sites is 2. The maximum atomic E-state index is 12.3. The molecular weight excluding hydrogens is 294 g/mol. The van der Waals surface area contributed by atoms with Gasteiger partial charge in [0, 0.05) is 6.04 Å². The molecule has 2 heterocycles. The zero-order valence-electron chi connectivity index (χ0n) is 11.6. The first-order chi connectivity index (χ1) is 9.94. The first-order valence-electron chi connectivity index (χ1n) is 6.88. The van der Waals surface area contributed by atoms with Crippen LogP contribution in [0.15, 0.2) is 24.3 Å². The minimum Gasteiger partial charge on any atom is -0.482 e. The van der Waals surface area contributed by atoms with Gasteiger partial charge in [0.05, 0.1) is 11.5 Å². The van der Waals surface area contributed by atoms with Gasteiger partial charge in [0.1, 0.15) is 6.10 Å². The van der Waals surface area contributed by atoms with Crippen molar-refractivity contribution in [2.24, 2.45) is 0 Å². The average molecular weight is 311 g/mol. The maximum Gasteiger partial charge on any atom is 0.265 e. The van der Waals surface area contributed by atoms with Crippen molar-refractivity contribution in [2.75, 3.05) is 11.5 Å². The van der Waals surface area contributed by atoms with E-state index < -0.39 is 22.0 Å². The Hall–Kier alpha value is -1.76. The quantitative estimate of drug-likeness (QED) is 0.861. The van der Waals surface area contributed by atoms with Crippen LogP contribution in [0.4, 0.5) is 0 Å². The van der Waals surface area contributed by atoms with Crippen molar-refractivity contribution < 1.29 is 22.7 Å². The Kier molecular flexibility index (Phi) is 3.52. The van der Waals surface area contributed by atoms with Gasteiger partial charge in [0.25, 0.3) is 5.91 Å². The van der Waals surface area contributed by atoms with E-state index in [0.29, 0.717) is 17.9 Å². The lowest BCUT2D eigenvalue weighted by Gasteiger charge is -2.31. The summed E-state index contributed by atoms with van der Waals surface area (Å²) in [5, 5.41) is 2.74. The highest BCUT2D eigenvalue weighted by Crippen LogP contribution is 2.33. The van der Waals surface area contributed by atoms with E-state index >= 15 is 0 Å². The number of ether oxygens (including phenoxy) is 2. The van der Waals surface area contributed by atoms with Gasteiger partial charge in [0.15, 0.2) is 21.3 Å². The summed E-state index contributed by atoms with van der Waals surface area (Å²) in [5.41, 5.74) is 0. The number of hydrogen-bond donors (Lipinski definition) is 1. The van der Waals surface area contributed by atoms with Crippen LogP contribution in [0, 0.1) is 0 Å². The molecule has 6 nitrogen and oxygen atoms in total. The van der Waals surface area contributed by atoms with Crippen molar-refractivity contribution in [3.63, 3.8) is 0 Å². The second-order valence-electron chi connectivity index (χ2n) is 5.42. The van der Waals surface area contributed by atoms with Gasteiger partial charge in [-0.05, 0) is 25.5 Å². The minimum absolute atomic E-state index is 0.00269. The lowest BCUT2D eigenvalue weighted by molar-refractivity contribution is -0.134. The van der Waals surface area contributed by atoms with Crippen molar-refractivity contribution in [1.29, 1.82) is 0 Å². The lowest BCUT2D eigenvalue weighted by Crippen LogP contribution is -2.51. The van der Waals surface area contributed by atoms with Crippen molar-refractivity contribution in [2.45, 2.75) is 31.6 Å². The van der Waals surface area contributed by atoms with Gasteiger partial charge in [-0.25, -0.2) is 8.42 Å². The SMILES string of the molecule is C[C@@H]1Oc2ccccc2O[C@H]1C(=O)N[C@@H]1CCS(=O)(=O)C1. The fourth-order valence-corrected chi connectivity index (χ4v) is 4.27. The third-order valence-corrected chi connectivity index (χ3v) is 5.45. The molecule has 0 aliphatic carbocycles. The van der Waals surface area contributed by atoms with Crippen LogP contribution < -0.4 is 14.8 Å². The van der Waals surface area contributed by atoms with Crippen LogP contribution in [0.2, 0.25) is 0 Å². The van der Waals surface area contributed by atoms with Gasteiger partial charge in [-0.2, -0.15) is 0 Å². The predicted octanol–water partition coefficient (Wildman–Crippen LogP) is 0.518. The molecule has 0 radical (unpaired) electrons. The van der Waals surface area contributed by atoms with E-state index in [2.05, 4.69) is 5.32 Å². The van der Waals surface area contributed by atoms with Gasteiger partial charge < -0.3 is 14.8 Å². The summed E-state index contributed by atoms with van der Waals surface area (Å²) in [6, 6.07) is 6.82. The lowest BCUT2D eigenvalue weighted by atomic mass is 10.1. The molecule has 1 aromatic carbocycles. The smallest absolute Gasteiger partial charge is 0.265 e. The normalized spacial score (nSPS) is 29.9. The van der Waals surface area contributed by atoms with Gasteiger partial charge >= 0.3 is 0 Å². The second kappa shape index (κ2) is 5.22. The number of amides is 1. The summed E-state index contributed by atoms with van der Waals surface area (Å²) in [7, 11) is -3.02. The number of sulfone groups is 1. The molecule has 114 valence electrons. The third kappa shape index (κ3) is 2.97. The fourth-order valence-electron chi connectivity index (χ4n) is 2.60. The van der Waals surface area contributed by atoms with Crippen molar-refractivity contribution in [3.05, 3.63) is 24.3 Å². The van der Waals surface area contributed by atoms with E-state index in [9.17, 15) is 13.2 Å². The molecule has 1 N–H and O–H groups in total. The van der Waals surface area contributed by atoms with Gasteiger partial charge in [-0.1, -0.05) is 12.1 Å². The summed E-state index contributed by atoms with van der Waals surface area (Å²) >= 11 is 0. The number of carbonyl (C=O) groups excluding carboxylic acids is 1. The standard InChI is InChI=1S/C14H17NO5S/c1-9-13(20-12-5-3-2-4-11(12)19-9)14(16)15-10-6-7-21(17,18)8-10/h2-5,9-10,13H,6-8H2,1H3,(H,15,16)/t9-,10+,13+/m0/s1. The van der Waals surface area contributed by atoms with Crippen LogP contribution in [0.3, 0.4) is 0 Å². The summed E-state index contributed by atoms with van der Waals surface area (Å²) in [6.45, 7) is 1.76. The summed E-state index contributed by atoms with van der Waals surface area (Å²) < 4.78 is 34.2. The van der Waals surface area contributed by atoms with Gasteiger partial charge in [-0.3, -0.25) is 4.79 Å². The fraction of sp³-hybridized carbons (Fsp3) is 0.500. The molecule has 0 aromatic heterocycles. The molecule has 0 unspecified atom stereocenters. The Morgan fingerprint density at radius 3 is 2.52 bits per heavy atom. The number of rotatable bonds is 2. The molecule has 2 aliphatic rings. The Morgan fingerprint density at radius 2 is 1.90 bits per heavy atom. The Morgan fingerprint density at radius 1 is 1.24 bits per heavy atom. The summed E-state index contributed by atoms with van der Waals surface area (Å²) in [6.07, 6.45) is -0.756. The molecule has 0 spiro atoms. The summed E-state index contributed by atoms with van der Waals surface area (Å²) in [5.74, 6) is 0.918. The molecule has 2 aliphatic heterocycles. The number of fused-ring (bicyclic) bond motifs is 1. The maximum absolute atomic E-state index is 12.3. The molecule has 3 rings (SSSR count). The van der Waals surface area contributed by atoms with Crippen LogP contribution in [0.25, 0.3) is 0 Å². The third-order valence-electron chi connectivity index (χ3n) is 3.68. The van der Waals surface area contributed by atoms with E-state index in [0.717, 1.165) is 0 Å². The minimum atomic E-state index is -3.02. The molecule has 0 saturated carbocycles. The molecule has 3 atom stereocenters. The molecule has 7 heteroatoms. The molecule has 1 amide bonds. The highest BCUT2D eigenvalue weighted by Gasteiger charge is 2.37. The van der Waals surface area contributed by atoms with Gasteiger partial charge in [0.2, 0.25) is 6.10 Å². The highest BCUT2D eigenvalue weighted by atomic mass is 32.2. The molecule has 1 fully saturated rings. The van der Waals surface area contributed by atoms with Crippen LogP contribution in [0.1, 0.15) is 13.3 Å². The van der Waals surface area contributed by atoms with E-state index in [1.165, 1.54) is 0 Å². The monoisotopic (exact) mass is 311 g/mol. The van der Waals surface area contributed by atoms with Crippen LogP contribution >= 0.6 is 0 Å². The highest BCUT2D eigenvalue weighted by molar-refractivity contribution is 7.91. The van der Waals surface area contributed by atoms with E-state index in [-0.39, 0.29) is 23.5 Å². The first-order valence-corrected chi connectivity index (χ1v) is 8.70. The summed E-state index contributed by atoms with van der Waals surface area (Å²) in [4.78, 5) is 12.3. The Labute approximate surface area is 123 Å². The van der Waals surface area contributed by atoms with E-state index in [1.54, 1.807) is 25.1 Å². The van der Waals surface area contributed by atoms with Gasteiger partial charge in [-0.15, -0.1) is 0 Å². The zero-order chi connectivity index (χ0) is 15.0. The molecule has 21 heavy (non-hydrogen) atoms. The van der Waals surface area contributed by atoms with Crippen LogP contribution in [0.5, 0.6) is 11.5 Å². The molecule has 0 bridgehead atoms. The van der Waals surface area contributed by atoms with Crippen molar-refractivity contribution in [1.82, 2.24) is 5.32 Å². The number of hydrogen-bond acceptors (Lipinski definition) is 5. The van der Waals surface area contributed by atoms with Crippen LogP contribution in [-0.2, 0) is 14.6 Å². The Bertz CT molecular complexity index is 657. The van der Waals surface area contributed by atoms with Crippen molar-refractivity contribution >= 4 is 15.7 Å². The molecular formula is C14H17NO5S. The van der Waals surface area contributed by atoms with E-state index in [4.69, 9.17) is 9.47 Å². The molecule has 1 aromatic rings. The zero-order valence-corrected chi connectivity index (χ0v) is 12.4. The number of carbonyl (C=O) groups is 1.